The Hall–Kier alpha value is -1.31. The lowest BCUT2D eigenvalue weighted by molar-refractivity contribution is 0.141. The summed E-state index contributed by atoms with van der Waals surface area (Å²) in [5.41, 5.74) is 6.33. The van der Waals surface area contributed by atoms with E-state index in [1.165, 1.54) is 22.4 Å². The van der Waals surface area contributed by atoms with Gasteiger partial charge >= 0.3 is 0 Å². The number of ether oxygens (including phenoxy) is 1. The van der Waals surface area contributed by atoms with Crippen LogP contribution in [-0.4, -0.2) is 11.1 Å². The van der Waals surface area contributed by atoms with Gasteiger partial charge in [-0.15, -0.1) is 0 Å². The van der Waals surface area contributed by atoms with Crippen LogP contribution in [0.3, 0.4) is 0 Å². The molecule has 1 aliphatic rings. The van der Waals surface area contributed by atoms with E-state index in [9.17, 15) is 0 Å². The number of fused-ring (bicyclic) bond motifs is 1. The number of aromatic nitrogens is 1. The van der Waals surface area contributed by atoms with Crippen LogP contribution in [0.4, 0.5) is 0 Å². The van der Waals surface area contributed by atoms with Gasteiger partial charge in [-0.3, -0.25) is 4.98 Å². The van der Waals surface area contributed by atoms with Crippen molar-refractivity contribution in [2.24, 2.45) is 5.92 Å². The third-order valence-corrected chi connectivity index (χ3v) is 4.28. The average molecular weight is 273 g/mol. The van der Waals surface area contributed by atoms with E-state index in [1.807, 2.05) is 6.26 Å². The van der Waals surface area contributed by atoms with Crippen molar-refractivity contribution < 1.29 is 4.74 Å². The van der Waals surface area contributed by atoms with E-state index in [-0.39, 0.29) is 6.10 Å². The highest BCUT2D eigenvalue weighted by Crippen LogP contribution is 2.39. The van der Waals surface area contributed by atoms with Crippen molar-refractivity contribution in [2.45, 2.75) is 66.4 Å². The normalized spacial score (nSPS) is 22.4. The molecule has 1 aromatic heterocycles. The maximum atomic E-state index is 5.94. The number of nitrogens with zero attached hydrogens (tertiary/aromatic N) is 1. The summed E-state index contributed by atoms with van der Waals surface area (Å²) in [5.74, 6) is 1.25. The number of hydrogen-bond donors (Lipinski definition) is 0. The minimum absolute atomic E-state index is 0.166. The van der Waals surface area contributed by atoms with Gasteiger partial charge in [0.15, 0.2) is 0 Å². The summed E-state index contributed by atoms with van der Waals surface area (Å²) in [6, 6.07) is 2.24. The largest absolute Gasteiger partial charge is 0.497 e. The first-order valence-corrected chi connectivity index (χ1v) is 7.70. The van der Waals surface area contributed by atoms with Crippen molar-refractivity contribution in [1.29, 1.82) is 0 Å². The molecule has 0 amide bonds. The topological polar surface area (TPSA) is 22.1 Å². The molecule has 0 aliphatic carbocycles. The highest BCUT2D eigenvalue weighted by molar-refractivity contribution is 5.72. The first-order valence-electron chi connectivity index (χ1n) is 7.70. The summed E-state index contributed by atoms with van der Waals surface area (Å²) in [5, 5.41) is 0. The van der Waals surface area contributed by atoms with Crippen molar-refractivity contribution in [3.05, 3.63) is 34.8 Å². The molecule has 2 atom stereocenters. The van der Waals surface area contributed by atoms with Gasteiger partial charge in [-0.1, -0.05) is 34.6 Å². The lowest BCUT2D eigenvalue weighted by atomic mass is 9.83. The third kappa shape index (κ3) is 2.61. The molecular formula is C18H27NO. The first-order chi connectivity index (χ1) is 9.32. The Kier molecular flexibility index (Phi) is 4.22. The molecule has 2 rings (SSSR count). The van der Waals surface area contributed by atoms with Crippen LogP contribution in [0.15, 0.2) is 12.3 Å². The van der Waals surface area contributed by atoms with Gasteiger partial charge in [0, 0.05) is 17.2 Å². The zero-order valence-corrected chi connectivity index (χ0v) is 13.8. The van der Waals surface area contributed by atoms with E-state index in [1.54, 1.807) is 0 Å². The number of rotatable bonds is 2. The molecule has 0 aromatic carbocycles. The van der Waals surface area contributed by atoms with Gasteiger partial charge in [-0.05, 0) is 42.9 Å². The summed E-state index contributed by atoms with van der Waals surface area (Å²) in [4.78, 5) is 4.86. The van der Waals surface area contributed by atoms with E-state index in [4.69, 9.17) is 9.72 Å². The molecule has 0 bridgehead atoms. The van der Waals surface area contributed by atoms with Crippen LogP contribution < -0.4 is 0 Å². The van der Waals surface area contributed by atoms with Gasteiger partial charge in [-0.2, -0.15) is 0 Å². The molecule has 0 N–H and O–H groups in total. The minimum Gasteiger partial charge on any atom is -0.497 e. The predicted molar refractivity (Wildman–Crippen MR) is 84.8 cm³/mol. The van der Waals surface area contributed by atoms with E-state index in [2.05, 4.69) is 54.5 Å². The monoisotopic (exact) mass is 273 g/mol. The van der Waals surface area contributed by atoms with Gasteiger partial charge in [0.2, 0.25) is 0 Å². The van der Waals surface area contributed by atoms with Gasteiger partial charge in [-0.25, -0.2) is 0 Å². The van der Waals surface area contributed by atoms with Crippen LogP contribution in [0.5, 0.6) is 0 Å². The Labute approximate surface area is 123 Å². The second kappa shape index (κ2) is 5.59. The van der Waals surface area contributed by atoms with Gasteiger partial charge in [0.25, 0.3) is 0 Å². The number of hydrogen-bond acceptors (Lipinski definition) is 2. The SMILES string of the molecule is Cc1cc(C(C)C)c2c(n1)[C@H](C)[C@H](C)OC=C2C(C)C. The van der Waals surface area contributed by atoms with Gasteiger partial charge in [0.05, 0.1) is 12.0 Å². The Morgan fingerprint density at radius 2 is 1.75 bits per heavy atom. The highest BCUT2D eigenvalue weighted by Gasteiger charge is 2.28. The fourth-order valence-electron chi connectivity index (χ4n) is 2.83. The van der Waals surface area contributed by atoms with Crippen molar-refractivity contribution in [1.82, 2.24) is 4.98 Å². The molecule has 1 aromatic rings. The highest BCUT2D eigenvalue weighted by atomic mass is 16.5. The zero-order valence-electron chi connectivity index (χ0n) is 13.8. The van der Waals surface area contributed by atoms with E-state index >= 15 is 0 Å². The first kappa shape index (κ1) is 15.1. The summed E-state index contributed by atoms with van der Waals surface area (Å²) in [6.45, 7) is 15.4. The van der Waals surface area contributed by atoms with Crippen LogP contribution in [0.2, 0.25) is 0 Å². The molecule has 2 heterocycles. The van der Waals surface area contributed by atoms with Crippen molar-refractivity contribution in [3.8, 4) is 0 Å². The van der Waals surface area contributed by atoms with Crippen LogP contribution in [0.1, 0.15) is 75.9 Å². The number of pyridine rings is 1. The summed E-state index contributed by atoms with van der Waals surface area (Å²) < 4.78 is 5.94. The molecule has 0 unspecified atom stereocenters. The molecule has 0 saturated heterocycles. The smallest absolute Gasteiger partial charge is 0.103 e. The number of allylic oxidation sites excluding steroid dienone is 1. The molecule has 0 radical (unpaired) electrons. The fraction of sp³-hybridized carbons (Fsp3) is 0.611. The van der Waals surface area contributed by atoms with Crippen LogP contribution in [0.25, 0.3) is 5.57 Å². The Balaban J connectivity index is 2.76. The molecule has 1 aliphatic heterocycles. The molecule has 0 fully saturated rings. The lowest BCUT2D eigenvalue weighted by Gasteiger charge is -2.23. The second-order valence-electron chi connectivity index (χ2n) is 6.63. The van der Waals surface area contributed by atoms with Crippen molar-refractivity contribution in [3.63, 3.8) is 0 Å². The maximum absolute atomic E-state index is 5.94. The number of aryl methyl sites for hydroxylation is 1. The Morgan fingerprint density at radius 1 is 1.10 bits per heavy atom. The van der Waals surface area contributed by atoms with Gasteiger partial charge in [0.1, 0.15) is 6.10 Å². The molecule has 2 heteroatoms. The van der Waals surface area contributed by atoms with E-state index in [0.29, 0.717) is 17.8 Å². The fourth-order valence-corrected chi connectivity index (χ4v) is 2.83. The van der Waals surface area contributed by atoms with Gasteiger partial charge < -0.3 is 4.74 Å². The quantitative estimate of drug-likeness (QED) is 0.753. The lowest BCUT2D eigenvalue weighted by Crippen LogP contribution is -2.16. The van der Waals surface area contributed by atoms with E-state index < -0.39 is 0 Å². The van der Waals surface area contributed by atoms with Crippen molar-refractivity contribution in [2.75, 3.05) is 0 Å². The average Bonchev–Trinajstić information content (AvgIpc) is 2.48. The maximum Gasteiger partial charge on any atom is 0.103 e. The predicted octanol–water partition coefficient (Wildman–Crippen LogP) is 5.03. The molecule has 2 nitrogen and oxygen atoms in total. The van der Waals surface area contributed by atoms with Crippen LogP contribution in [0, 0.1) is 12.8 Å². The minimum atomic E-state index is 0.166. The molecular weight excluding hydrogens is 246 g/mol. The zero-order chi connectivity index (χ0) is 15.0. The van der Waals surface area contributed by atoms with E-state index in [0.717, 1.165) is 5.69 Å². The molecule has 20 heavy (non-hydrogen) atoms. The second-order valence-corrected chi connectivity index (χ2v) is 6.63. The Morgan fingerprint density at radius 3 is 2.30 bits per heavy atom. The molecule has 0 saturated carbocycles. The summed E-state index contributed by atoms with van der Waals surface area (Å²) in [6.07, 6.45) is 2.14. The third-order valence-electron chi connectivity index (χ3n) is 4.28. The molecule has 0 spiro atoms. The standard InChI is InChI=1S/C18H27NO/c1-10(2)15-8-12(5)19-18-13(6)14(7)20-9-16(11(3)4)17(15)18/h8-11,13-14H,1-7H3/t13-,14+/m1/s1. The summed E-state index contributed by atoms with van der Waals surface area (Å²) in [7, 11) is 0. The van der Waals surface area contributed by atoms with Crippen molar-refractivity contribution >= 4 is 5.57 Å². The Bertz CT molecular complexity index is 528. The van der Waals surface area contributed by atoms with Crippen LogP contribution >= 0.6 is 0 Å². The molecule has 110 valence electrons. The summed E-state index contributed by atoms with van der Waals surface area (Å²) >= 11 is 0. The van der Waals surface area contributed by atoms with Crippen LogP contribution in [-0.2, 0) is 4.74 Å².